The van der Waals surface area contributed by atoms with Crippen LogP contribution >= 0.6 is 0 Å². The quantitative estimate of drug-likeness (QED) is 0.554. The van der Waals surface area contributed by atoms with Gasteiger partial charge in [-0.1, -0.05) is 42.8 Å². The van der Waals surface area contributed by atoms with Gasteiger partial charge in [-0.25, -0.2) is 0 Å². The number of allylic oxidation sites excluding steroid dienone is 1. The van der Waals surface area contributed by atoms with Crippen molar-refractivity contribution in [3.05, 3.63) is 48.0 Å². The standard InChI is InChI=1S/C14H19NO/c15-14(16)12-8-3-1-2-5-9-13-10-6-4-7-11-13/h4,6-8,10-12H,1-3,5,9H2,(H2,15,16)/b12-8+. The first-order chi connectivity index (χ1) is 7.79. The van der Waals surface area contributed by atoms with E-state index in [1.54, 1.807) is 0 Å². The predicted octanol–water partition coefficient (Wildman–Crippen LogP) is 2.83. The van der Waals surface area contributed by atoms with Crippen molar-refractivity contribution in [3.63, 3.8) is 0 Å². The Bertz CT molecular complexity index is 330. The van der Waals surface area contributed by atoms with Crippen LogP contribution in [0.25, 0.3) is 0 Å². The van der Waals surface area contributed by atoms with Gasteiger partial charge < -0.3 is 5.73 Å². The Balaban J connectivity index is 2.02. The molecule has 16 heavy (non-hydrogen) atoms. The van der Waals surface area contributed by atoms with Crippen molar-refractivity contribution >= 4 is 5.91 Å². The smallest absolute Gasteiger partial charge is 0.241 e. The van der Waals surface area contributed by atoms with Crippen molar-refractivity contribution < 1.29 is 4.79 Å². The topological polar surface area (TPSA) is 43.1 Å². The molecule has 2 nitrogen and oxygen atoms in total. The van der Waals surface area contributed by atoms with Gasteiger partial charge in [0.15, 0.2) is 0 Å². The van der Waals surface area contributed by atoms with E-state index in [-0.39, 0.29) is 5.91 Å². The maximum absolute atomic E-state index is 10.4. The van der Waals surface area contributed by atoms with E-state index in [0.717, 1.165) is 19.3 Å². The zero-order chi connectivity index (χ0) is 11.6. The minimum atomic E-state index is -0.357. The Morgan fingerprint density at radius 2 is 1.88 bits per heavy atom. The normalized spacial score (nSPS) is 10.8. The van der Waals surface area contributed by atoms with E-state index in [0.29, 0.717) is 0 Å². The molecule has 0 atom stereocenters. The molecule has 0 aromatic heterocycles. The summed E-state index contributed by atoms with van der Waals surface area (Å²) in [6.07, 6.45) is 8.89. The Kier molecular flexibility index (Phi) is 6.00. The van der Waals surface area contributed by atoms with Gasteiger partial charge in [-0.3, -0.25) is 4.79 Å². The fourth-order valence-corrected chi connectivity index (χ4v) is 1.61. The molecule has 0 spiro atoms. The van der Waals surface area contributed by atoms with Crippen LogP contribution < -0.4 is 5.73 Å². The maximum Gasteiger partial charge on any atom is 0.241 e. The summed E-state index contributed by atoms with van der Waals surface area (Å²) >= 11 is 0. The molecular formula is C14H19NO. The van der Waals surface area contributed by atoms with Gasteiger partial charge in [0, 0.05) is 0 Å². The van der Waals surface area contributed by atoms with E-state index in [2.05, 4.69) is 24.3 Å². The minimum absolute atomic E-state index is 0.357. The lowest BCUT2D eigenvalue weighted by atomic mass is 10.1. The molecular weight excluding hydrogens is 198 g/mol. The largest absolute Gasteiger partial charge is 0.366 e. The molecule has 0 aliphatic carbocycles. The van der Waals surface area contributed by atoms with Crippen molar-refractivity contribution in [1.29, 1.82) is 0 Å². The number of primary amides is 1. The summed E-state index contributed by atoms with van der Waals surface area (Å²) in [7, 11) is 0. The molecule has 1 aromatic carbocycles. The summed E-state index contributed by atoms with van der Waals surface area (Å²) in [5, 5.41) is 0. The van der Waals surface area contributed by atoms with E-state index in [1.807, 2.05) is 12.1 Å². The van der Waals surface area contributed by atoms with Crippen LogP contribution in [-0.4, -0.2) is 5.91 Å². The second-order valence-corrected chi connectivity index (χ2v) is 3.89. The molecule has 1 rings (SSSR count). The molecule has 2 heteroatoms. The zero-order valence-corrected chi connectivity index (χ0v) is 9.56. The zero-order valence-electron chi connectivity index (χ0n) is 9.56. The highest BCUT2D eigenvalue weighted by molar-refractivity contribution is 5.85. The van der Waals surface area contributed by atoms with Crippen LogP contribution in [0.3, 0.4) is 0 Å². The van der Waals surface area contributed by atoms with Crippen molar-refractivity contribution in [2.75, 3.05) is 0 Å². The number of carbonyl (C=O) groups is 1. The summed E-state index contributed by atoms with van der Waals surface area (Å²) in [6.45, 7) is 0. The summed E-state index contributed by atoms with van der Waals surface area (Å²) in [5.41, 5.74) is 6.38. The van der Waals surface area contributed by atoms with Gasteiger partial charge in [0.1, 0.15) is 0 Å². The van der Waals surface area contributed by atoms with E-state index in [1.165, 1.54) is 24.5 Å². The number of amides is 1. The Morgan fingerprint density at radius 1 is 1.12 bits per heavy atom. The number of carbonyl (C=O) groups excluding carboxylic acids is 1. The molecule has 0 fully saturated rings. The molecule has 0 aliphatic rings. The van der Waals surface area contributed by atoms with Gasteiger partial charge in [-0.15, -0.1) is 0 Å². The predicted molar refractivity (Wildman–Crippen MR) is 66.9 cm³/mol. The third-order valence-corrected chi connectivity index (χ3v) is 2.46. The van der Waals surface area contributed by atoms with Crippen LogP contribution in [0.1, 0.15) is 31.2 Å². The second kappa shape index (κ2) is 7.69. The molecule has 0 radical (unpaired) electrons. The van der Waals surface area contributed by atoms with Crippen LogP contribution in [0.2, 0.25) is 0 Å². The van der Waals surface area contributed by atoms with E-state index < -0.39 is 0 Å². The molecule has 0 saturated carbocycles. The number of aryl methyl sites for hydroxylation is 1. The Labute approximate surface area is 97.2 Å². The molecule has 0 saturated heterocycles. The number of hydrogen-bond acceptors (Lipinski definition) is 1. The molecule has 86 valence electrons. The highest BCUT2D eigenvalue weighted by Gasteiger charge is 1.92. The van der Waals surface area contributed by atoms with Crippen LogP contribution in [0.4, 0.5) is 0 Å². The molecule has 0 heterocycles. The SMILES string of the molecule is NC(=O)/C=C/CCCCCc1ccccc1. The van der Waals surface area contributed by atoms with Crippen LogP contribution in [0.5, 0.6) is 0 Å². The van der Waals surface area contributed by atoms with Crippen molar-refractivity contribution in [2.24, 2.45) is 5.73 Å². The van der Waals surface area contributed by atoms with Gasteiger partial charge in [0.2, 0.25) is 5.91 Å². The Morgan fingerprint density at radius 3 is 2.56 bits per heavy atom. The van der Waals surface area contributed by atoms with Crippen LogP contribution in [0.15, 0.2) is 42.5 Å². The molecule has 2 N–H and O–H groups in total. The Hall–Kier alpha value is -1.57. The number of unbranched alkanes of at least 4 members (excludes halogenated alkanes) is 3. The van der Waals surface area contributed by atoms with E-state index in [9.17, 15) is 4.79 Å². The van der Waals surface area contributed by atoms with Gasteiger partial charge >= 0.3 is 0 Å². The first-order valence-corrected chi connectivity index (χ1v) is 5.79. The van der Waals surface area contributed by atoms with Gasteiger partial charge in [0.05, 0.1) is 0 Å². The van der Waals surface area contributed by atoms with Crippen molar-refractivity contribution in [3.8, 4) is 0 Å². The summed E-state index contributed by atoms with van der Waals surface area (Å²) in [4.78, 5) is 10.4. The average Bonchev–Trinajstić information content (AvgIpc) is 2.29. The lowest BCUT2D eigenvalue weighted by Crippen LogP contribution is -2.05. The fourth-order valence-electron chi connectivity index (χ4n) is 1.61. The summed E-state index contributed by atoms with van der Waals surface area (Å²) < 4.78 is 0. The summed E-state index contributed by atoms with van der Waals surface area (Å²) in [6, 6.07) is 10.5. The third kappa shape index (κ3) is 6.02. The number of nitrogens with two attached hydrogens (primary N) is 1. The molecule has 1 aromatic rings. The maximum atomic E-state index is 10.4. The van der Waals surface area contributed by atoms with Crippen LogP contribution in [0, 0.1) is 0 Å². The molecule has 1 amide bonds. The third-order valence-electron chi connectivity index (χ3n) is 2.46. The molecule has 0 unspecified atom stereocenters. The lowest BCUT2D eigenvalue weighted by molar-refractivity contribution is -0.113. The van der Waals surface area contributed by atoms with E-state index in [4.69, 9.17) is 5.73 Å². The lowest BCUT2D eigenvalue weighted by Gasteiger charge is -2.00. The molecule has 0 bridgehead atoms. The monoisotopic (exact) mass is 217 g/mol. The number of benzene rings is 1. The first kappa shape index (κ1) is 12.5. The van der Waals surface area contributed by atoms with Crippen LogP contribution in [-0.2, 0) is 11.2 Å². The fraction of sp³-hybridized carbons (Fsp3) is 0.357. The highest BCUT2D eigenvalue weighted by Crippen LogP contribution is 2.07. The average molecular weight is 217 g/mol. The van der Waals surface area contributed by atoms with Crippen molar-refractivity contribution in [1.82, 2.24) is 0 Å². The second-order valence-electron chi connectivity index (χ2n) is 3.89. The van der Waals surface area contributed by atoms with Gasteiger partial charge in [-0.05, 0) is 37.3 Å². The molecule has 0 aliphatic heterocycles. The summed E-state index contributed by atoms with van der Waals surface area (Å²) in [5.74, 6) is -0.357. The van der Waals surface area contributed by atoms with Gasteiger partial charge in [-0.2, -0.15) is 0 Å². The van der Waals surface area contributed by atoms with E-state index >= 15 is 0 Å². The van der Waals surface area contributed by atoms with Crippen molar-refractivity contribution in [2.45, 2.75) is 32.1 Å². The highest BCUT2D eigenvalue weighted by atomic mass is 16.1. The number of hydrogen-bond donors (Lipinski definition) is 1. The first-order valence-electron chi connectivity index (χ1n) is 5.79. The van der Waals surface area contributed by atoms with Gasteiger partial charge in [0.25, 0.3) is 0 Å². The number of rotatable bonds is 7. The minimum Gasteiger partial charge on any atom is -0.366 e.